The minimum atomic E-state index is -0.0296. The topological polar surface area (TPSA) is 44.8 Å². The summed E-state index contributed by atoms with van der Waals surface area (Å²) in [4.78, 5) is 16.0. The van der Waals surface area contributed by atoms with Crippen LogP contribution in [0.2, 0.25) is 0 Å². The highest BCUT2D eigenvalue weighted by Gasteiger charge is 2.18. The van der Waals surface area contributed by atoms with Gasteiger partial charge in [-0.2, -0.15) is 0 Å². The number of nitrogens with one attached hydrogen (secondary N) is 1. The molecule has 0 aliphatic carbocycles. The number of nitrogens with zero attached hydrogens (tertiary/aromatic N) is 2. The Labute approximate surface area is 104 Å². The van der Waals surface area contributed by atoms with Crippen LogP contribution < -0.4 is 5.32 Å². The third kappa shape index (κ3) is 5.48. The van der Waals surface area contributed by atoms with Crippen molar-refractivity contribution < 1.29 is 9.53 Å². The van der Waals surface area contributed by atoms with Crippen LogP contribution in [0.15, 0.2) is 0 Å². The molecule has 1 saturated heterocycles. The smallest absolute Gasteiger partial charge is 0.245 e. The predicted octanol–water partition coefficient (Wildman–Crippen LogP) is -0.225. The van der Waals surface area contributed by atoms with Crippen molar-refractivity contribution in [3.05, 3.63) is 0 Å². The number of hydrogen-bond donors (Lipinski definition) is 1. The first-order valence-electron chi connectivity index (χ1n) is 6.31. The third-order valence-electron chi connectivity index (χ3n) is 3.32. The third-order valence-corrected chi connectivity index (χ3v) is 3.32. The number of ether oxygens (including phenoxy) is 1. The zero-order valence-electron chi connectivity index (χ0n) is 11.2. The van der Waals surface area contributed by atoms with Gasteiger partial charge in [0.15, 0.2) is 0 Å². The Kier molecular flexibility index (Phi) is 6.47. The highest BCUT2D eigenvalue weighted by Crippen LogP contribution is 2.07. The highest BCUT2D eigenvalue weighted by atomic mass is 16.5. The monoisotopic (exact) mass is 243 g/mol. The number of rotatable bonds is 6. The molecule has 100 valence electrons. The predicted molar refractivity (Wildman–Crippen MR) is 68.0 cm³/mol. The second-order valence-electron chi connectivity index (χ2n) is 4.76. The first-order valence-corrected chi connectivity index (χ1v) is 6.31. The fourth-order valence-corrected chi connectivity index (χ4v) is 2.05. The molecule has 0 spiro atoms. The molecule has 0 aromatic carbocycles. The largest absolute Gasteiger partial charge is 0.375 e. The van der Waals surface area contributed by atoms with Crippen LogP contribution in [-0.2, 0) is 9.53 Å². The molecule has 0 saturated carbocycles. The first-order chi connectivity index (χ1) is 8.13. The number of piperazine rings is 1. The van der Waals surface area contributed by atoms with Crippen molar-refractivity contribution in [2.24, 2.45) is 0 Å². The van der Waals surface area contributed by atoms with Gasteiger partial charge in [-0.15, -0.1) is 0 Å². The summed E-state index contributed by atoms with van der Waals surface area (Å²) < 4.78 is 4.76. The van der Waals surface area contributed by atoms with Crippen LogP contribution in [0, 0.1) is 0 Å². The molecular formula is C12H25N3O2. The molecule has 0 bridgehead atoms. The van der Waals surface area contributed by atoms with Gasteiger partial charge in [-0.05, 0) is 20.4 Å². The zero-order chi connectivity index (χ0) is 12.7. The molecule has 5 heteroatoms. The van der Waals surface area contributed by atoms with E-state index in [-0.39, 0.29) is 12.5 Å². The van der Waals surface area contributed by atoms with Gasteiger partial charge in [0.05, 0.1) is 0 Å². The Morgan fingerprint density at radius 2 is 2.00 bits per heavy atom. The minimum absolute atomic E-state index is 0.0296. The Hall–Kier alpha value is -0.650. The van der Waals surface area contributed by atoms with Crippen molar-refractivity contribution in [2.45, 2.75) is 19.4 Å². The molecule has 1 aliphatic heterocycles. The molecule has 0 aromatic rings. The molecule has 1 fully saturated rings. The lowest BCUT2D eigenvalue weighted by molar-refractivity contribution is -0.124. The summed E-state index contributed by atoms with van der Waals surface area (Å²) in [7, 11) is 3.69. The van der Waals surface area contributed by atoms with Crippen LogP contribution in [0.3, 0.4) is 0 Å². The fraction of sp³-hybridized carbons (Fsp3) is 0.917. The van der Waals surface area contributed by atoms with Crippen molar-refractivity contribution >= 4 is 5.91 Å². The van der Waals surface area contributed by atoms with Crippen molar-refractivity contribution in [2.75, 3.05) is 53.5 Å². The summed E-state index contributed by atoms with van der Waals surface area (Å²) in [5.41, 5.74) is 0. The molecule has 5 nitrogen and oxygen atoms in total. The molecule has 1 aliphatic rings. The Bertz CT molecular complexity index is 228. The number of likely N-dealkylation sites (N-methyl/N-ethyl adjacent to an activating group) is 1. The molecular weight excluding hydrogens is 218 g/mol. The van der Waals surface area contributed by atoms with E-state index in [0.717, 1.165) is 39.1 Å². The van der Waals surface area contributed by atoms with Crippen LogP contribution in [0.25, 0.3) is 0 Å². The van der Waals surface area contributed by atoms with E-state index in [0.29, 0.717) is 6.04 Å². The second kappa shape index (κ2) is 7.63. The summed E-state index contributed by atoms with van der Waals surface area (Å²) in [6, 6.07) is 0.534. The van der Waals surface area contributed by atoms with E-state index in [1.165, 1.54) is 7.11 Å². The van der Waals surface area contributed by atoms with Gasteiger partial charge >= 0.3 is 0 Å². The van der Waals surface area contributed by atoms with Gasteiger partial charge < -0.3 is 15.0 Å². The molecule has 1 heterocycles. The van der Waals surface area contributed by atoms with E-state index in [9.17, 15) is 4.79 Å². The zero-order valence-corrected chi connectivity index (χ0v) is 11.2. The molecule has 0 aromatic heterocycles. The number of methoxy groups -OCH3 is 1. The van der Waals surface area contributed by atoms with Crippen LogP contribution >= 0.6 is 0 Å². The molecule has 1 rings (SSSR count). The van der Waals surface area contributed by atoms with E-state index >= 15 is 0 Å². The summed E-state index contributed by atoms with van der Waals surface area (Å²) in [6.07, 6.45) is 0.999. The average Bonchev–Trinajstić information content (AvgIpc) is 2.30. The molecule has 1 amide bonds. The molecule has 1 atom stereocenters. The maximum absolute atomic E-state index is 11.2. The van der Waals surface area contributed by atoms with Gasteiger partial charge in [-0.3, -0.25) is 9.69 Å². The van der Waals surface area contributed by atoms with E-state index in [1.807, 2.05) is 0 Å². The van der Waals surface area contributed by atoms with Gasteiger partial charge in [-0.25, -0.2) is 0 Å². The summed E-state index contributed by atoms with van der Waals surface area (Å²) in [5, 5.41) is 2.86. The number of carbonyl (C=O) groups excluding carboxylic acids is 1. The van der Waals surface area contributed by atoms with Gasteiger partial charge in [0.25, 0.3) is 0 Å². The SMILES string of the molecule is COCC(=O)NCC[C@@H](C)N1CCN(C)CC1. The Morgan fingerprint density at radius 1 is 1.35 bits per heavy atom. The van der Waals surface area contributed by atoms with E-state index < -0.39 is 0 Å². The number of hydrogen-bond acceptors (Lipinski definition) is 4. The molecule has 17 heavy (non-hydrogen) atoms. The first kappa shape index (κ1) is 14.4. The number of amides is 1. The number of carbonyl (C=O) groups is 1. The van der Waals surface area contributed by atoms with Crippen molar-refractivity contribution in [3.8, 4) is 0 Å². The van der Waals surface area contributed by atoms with Gasteiger partial charge in [-0.1, -0.05) is 0 Å². The van der Waals surface area contributed by atoms with Crippen LogP contribution in [0.4, 0.5) is 0 Å². The lowest BCUT2D eigenvalue weighted by Gasteiger charge is -2.36. The van der Waals surface area contributed by atoms with Crippen LogP contribution in [0.5, 0.6) is 0 Å². The maximum Gasteiger partial charge on any atom is 0.245 e. The highest BCUT2D eigenvalue weighted by molar-refractivity contribution is 5.77. The summed E-state index contributed by atoms with van der Waals surface area (Å²) >= 11 is 0. The van der Waals surface area contributed by atoms with Gasteiger partial charge in [0, 0.05) is 45.9 Å². The van der Waals surface area contributed by atoms with Gasteiger partial charge in [0.1, 0.15) is 6.61 Å². The van der Waals surface area contributed by atoms with E-state index in [4.69, 9.17) is 4.74 Å². The molecule has 1 N–H and O–H groups in total. The van der Waals surface area contributed by atoms with Crippen molar-refractivity contribution in [3.63, 3.8) is 0 Å². The lowest BCUT2D eigenvalue weighted by atomic mass is 10.1. The lowest BCUT2D eigenvalue weighted by Crippen LogP contribution is -2.48. The fourth-order valence-electron chi connectivity index (χ4n) is 2.05. The second-order valence-corrected chi connectivity index (χ2v) is 4.76. The average molecular weight is 243 g/mol. The normalized spacial score (nSPS) is 20.2. The van der Waals surface area contributed by atoms with E-state index in [1.54, 1.807) is 0 Å². The van der Waals surface area contributed by atoms with Gasteiger partial charge in [0.2, 0.25) is 5.91 Å². The summed E-state index contributed by atoms with van der Waals surface area (Å²) in [5.74, 6) is -0.0296. The van der Waals surface area contributed by atoms with Crippen molar-refractivity contribution in [1.82, 2.24) is 15.1 Å². The van der Waals surface area contributed by atoms with Crippen LogP contribution in [0.1, 0.15) is 13.3 Å². The maximum atomic E-state index is 11.2. The summed E-state index contributed by atoms with van der Waals surface area (Å²) in [6.45, 7) is 7.65. The minimum Gasteiger partial charge on any atom is -0.375 e. The quantitative estimate of drug-likeness (QED) is 0.700. The molecule has 0 radical (unpaired) electrons. The Morgan fingerprint density at radius 3 is 2.59 bits per heavy atom. The van der Waals surface area contributed by atoms with Crippen LogP contribution in [-0.4, -0.2) is 75.2 Å². The van der Waals surface area contributed by atoms with Crippen molar-refractivity contribution in [1.29, 1.82) is 0 Å². The Balaban J connectivity index is 2.12. The molecule has 0 unspecified atom stereocenters. The standard InChI is InChI=1S/C12H25N3O2/c1-11(4-5-13-12(16)10-17-3)15-8-6-14(2)7-9-15/h11H,4-10H2,1-3H3,(H,13,16)/t11-/m1/s1. The van der Waals surface area contributed by atoms with E-state index in [2.05, 4.69) is 29.1 Å².